The molecule has 1 aromatic heterocycles. The van der Waals surface area contributed by atoms with Crippen LogP contribution in [0.1, 0.15) is 11.5 Å². The molecule has 21 heavy (non-hydrogen) atoms. The van der Waals surface area contributed by atoms with Gasteiger partial charge in [-0.15, -0.1) is 10.2 Å². The lowest BCUT2D eigenvalue weighted by Gasteiger charge is -2.08. The Labute approximate surface area is 127 Å². The molecule has 0 amide bonds. The fourth-order valence-electron chi connectivity index (χ4n) is 1.99. The van der Waals surface area contributed by atoms with Crippen LogP contribution in [0, 0.1) is 6.92 Å². The number of nitrogens with zero attached hydrogens (tertiary/aromatic N) is 2. The molecule has 5 heteroatoms. The van der Waals surface area contributed by atoms with Gasteiger partial charge in [0.2, 0.25) is 11.8 Å². The molecule has 4 nitrogen and oxygen atoms in total. The summed E-state index contributed by atoms with van der Waals surface area (Å²) in [4.78, 5) is 0. The Bertz CT molecular complexity index is 740. The third-order valence-corrected chi connectivity index (χ3v) is 3.59. The van der Waals surface area contributed by atoms with Crippen LogP contribution in [-0.2, 0) is 6.54 Å². The minimum atomic E-state index is 0.459. The second-order valence-corrected chi connectivity index (χ2v) is 5.04. The summed E-state index contributed by atoms with van der Waals surface area (Å²) in [5, 5.41) is 12.1. The molecule has 2 aromatic carbocycles. The highest BCUT2D eigenvalue weighted by Gasteiger charge is 2.08. The molecule has 0 unspecified atom stereocenters. The van der Waals surface area contributed by atoms with Crippen molar-refractivity contribution in [3.8, 4) is 11.5 Å². The first-order valence-electron chi connectivity index (χ1n) is 6.61. The summed E-state index contributed by atoms with van der Waals surface area (Å²) in [5.41, 5.74) is 2.87. The van der Waals surface area contributed by atoms with E-state index in [-0.39, 0.29) is 0 Å². The Morgan fingerprint density at radius 3 is 2.67 bits per heavy atom. The van der Waals surface area contributed by atoms with E-state index >= 15 is 0 Å². The molecule has 0 bridgehead atoms. The van der Waals surface area contributed by atoms with Gasteiger partial charge in [0.05, 0.1) is 6.54 Å². The molecule has 0 spiro atoms. The standard InChI is InChI=1S/C16H14ClN3O/c1-11-13(17)8-5-9-14(11)18-10-15-19-20-16(21-15)12-6-3-2-4-7-12/h2-9,18H,10H2,1H3. The molecule has 0 radical (unpaired) electrons. The Morgan fingerprint density at radius 2 is 1.86 bits per heavy atom. The Hall–Kier alpha value is -2.33. The normalized spacial score (nSPS) is 10.6. The van der Waals surface area contributed by atoms with Gasteiger partial charge in [-0.2, -0.15) is 0 Å². The maximum Gasteiger partial charge on any atom is 0.247 e. The van der Waals surface area contributed by atoms with E-state index in [1.165, 1.54) is 0 Å². The molecule has 0 aliphatic heterocycles. The van der Waals surface area contributed by atoms with Gasteiger partial charge in [0, 0.05) is 16.3 Å². The van der Waals surface area contributed by atoms with E-state index in [4.69, 9.17) is 16.0 Å². The molecule has 1 heterocycles. The quantitative estimate of drug-likeness (QED) is 0.780. The molecule has 3 aromatic rings. The molecular weight excluding hydrogens is 286 g/mol. The van der Waals surface area contributed by atoms with Crippen molar-refractivity contribution in [2.24, 2.45) is 0 Å². The number of halogens is 1. The zero-order chi connectivity index (χ0) is 14.7. The van der Waals surface area contributed by atoms with Gasteiger partial charge in [-0.3, -0.25) is 0 Å². The largest absolute Gasteiger partial charge is 0.419 e. The van der Waals surface area contributed by atoms with E-state index in [9.17, 15) is 0 Å². The van der Waals surface area contributed by atoms with E-state index < -0.39 is 0 Å². The summed E-state index contributed by atoms with van der Waals surface area (Å²) in [6.07, 6.45) is 0. The molecule has 3 rings (SSSR count). The van der Waals surface area contributed by atoms with Gasteiger partial charge in [-0.05, 0) is 36.8 Å². The van der Waals surface area contributed by atoms with Crippen LogP contribution in [-0.4, -0.2) is 10.2 Å². The van der Waals surface area contributed by atoms with Crippen LogP contribution in [0.2, 0.25) is 5.02 Å². The summed E-state index contributed by atoms with van der Waals surface area (Å²) in [6.45, 7) is 2.43. The number of rotatable bonds is 4. The fourth-order valence-corrected chi connectivity index (χ4v) is 2.17. The summed E-state index contributed by atoms with van der Waals surface area (Å²) < 4.78 is 5.64. The lowest BCUT2D eigenvalue weighted by Crippen LogP contribution is -2.01. The summed E-state index contributed by atoms with van der Waals surface area (Å²) >= 11 is 6.09. The smallest absolute Gasteiger partial charge is 0.247 e. The number of benzene rings is 2. The van der Waals surface area contributed by atoms with Gasteiger partial charge in [-0.25, -0.2) is 0 Å². The second-order valence-electron chi connectivity index (χ2n) is 4.63. The van der Waals surface area contributed by atoms with Crippen molar-refractivity contribution >= 4 is 17.3 Å². The lowest BCUT2D eigenvalue weighted by molar-refractivity contribution is 0.515. The Balaban J connectivity index is 1.72. The van der Waals surface area contributed by atoms with E-state index in [1.54, 1.807) is 0 Å². The van der Waals surface area contributed by atoms with E-state index in [1.807, 2.05) is 55.5 Å². The molecule has 0 atom stereocenters. The van der Waals surface area contributed by atoms with Crippen LogP contribution < -0.4 is 5.32 Å². The molecule has 1 N–H and O–H groups in total. The lowest BCUT2D eigenvalue weighted by atomic mass is 10.2. The topological polar surface area (TPSA) is 51.0 Å². The zero-order valence-corrected chi connectivity index (χ0v) is 12.3. The monoisotopic (exact) mass is 299 g/mol. The van der Waals surface area contributed by atoms with Gasteiger partial charge < -0.3 is 9.73 Å². The summed E-state index contributed by atoms with van der Waals surface area (Å²) in [6, 6.07) is 15.4. The van der Waals surface area contributed by atoms with Crippen LogP contribution in [0.5, 0.6) is 0 Å². The summed E-state index contributed by atoms with van der Waals surface area (Å²) in [5.74, 6) is 1.06. The second kappa shape index (κ2) is 5.97. The predicted octanol–water partition coefficient (Wildman–Crippen LogP) is 4.31. The highest BCUT2D eigenvalue weighted by molar-refractivity contribution is 6.31. The number of anilines is 1. The predicted molar refractivity (Wildman–Crippen MR) is 83.2 cm³/mol. The van der Waals surface area contributed by atoms with Crippen molar-refractivity contribution < 1.29 is 4.42 Å². The zero-order valence-electron chi connectivity index (χ0n) is 11.5. The first-order chi connectivity index (χ1) is 10.2. The van der Waals surface area contributed by atoms with Gasteiger partial charge in [0.25, 0.3) is 0 Å². The van der Waals surface area contributed by atoms with Crippen molar-refractivity contribution in [1.29, 1.82) is 0 Å². The molecular formula is C16H14ClN3O. The molecule has 0 aliphatic rings. The van der Waals surface area contributed by atoms with Gasteiger partial charge in [0.15, 0.2) is 0 Å². The molecule has 0 aliphatic carbocycles. The first kappa shape index (κ1) is 13.6. The third kappa shape index (κ3) is 3.06. The number of hydrogen-bond acceptors (Lipinski definition) is 4. The average molecular weight is 300 g/mol. The van der Waals surface area contributed by atoms with E-state index in [2.05, 4.69) is 15.5 Å². The van der Waals surface area contributed by atoms with Crippen molar-refractivity contribution in [2.45, 2.75) is 13.5 Å². The SMILES string of the molecule is Cc1c(Cl)cccc1NCc1nnc(-c2ccccc2)o1. The first-order valence-corrected chi connectivity index (χ1v) is 6.98. The van der Waals surface area contributed by atoms with Crippen LogP contribution in [0.15, 0.2) is 52.9 Å². The number of hydrogen-bond donors (Lipinski definition) is 1. The van der Waals surface area contributed by atoms with Crippen LogP contribution in [0.3, 0.4) is 0 Å². The van der Waals surface area contributed by atoms with Gasteiger partial charge >= 0.3 is 0 Å². The van der Waals surface area contributed by atoms with Crippen LogP contribution in [0.25, 0.3) is 11.5 Å². The van der Waals surface area contributed by atoms with E-state index in [0.29, 0.717) is 18.3 Å². The fraction of sp³-hybridized carbons (Fsp3) is 0.125. The highest BCUT2D eigenvalue weighted by Crippen LogP contribution is 2.23. The van der Waals surface area contributed by atoms with E-state index in [0.717, 1.165) is 21.8 Å². The van der Waals surface area contributed by atoms with Crippen LogP contribution in [0.4, 0.5) is 5.69 Å². The number of aromatic nitrogens is 2. The molecule has 106 valence electrons. The molecule has 0 saturated carbocycles. The van der Waals surface area contributed by atoms with Crippen LogP contribution >= 0.6 is 11.6 Å². The van der Waals surface area contributed by atoms with Gasteiger partial charge in [0.1, 0.15) is 0 Å². The maximum atomic E-state index is 6.09. The molecule has 0 fully saturated rings. The minimum Gasteiger partial charge on any atom is -0.419 e. The Kier molecular flexibility index (Phi) is 3.88. The molecule has 0 saturated heterocycles. The maximum absolute atomic E-state index is 6.09. The Morgan fingerprint density at radius 1 is 1.05 bits per heavy atom. The third-order valence-electron chi connectivity index (χ3n) is 3.19. The van der Waals surface area contributed by atoms with Gasteiger partial charge in [-0.1, -0.05) is 35.9 Å². The average Bonchev–Trinajstić information content (AvgIpc) is 2.99. The van der Waals surface area contributed by atoms with Crippen molar-refractivity contribution in [2.75, 3.05) is 5.32 Å². The minimum absolute atomic E-state index is 0.459. The highest BCUT2D eigenvalue weighted by atomic mass is 35.5. The number of nitrogens with one attached hydrogen (secondary N) is 1. The van der Waals surface area contributed by atoms with Crippen molar-refractivity contribution in [1.82, 2.24) is 10.2 Å². The van der Waals surface area contributed by atoms with Crippen molar-refractivity contribution in [3.63, 3.8) is 0 Å². The van der Waals surface area contributed by atoms with Crippen molar-refractivity contribution in [3.05, 3.63) is 65.0 Å². The summed E-state index contributed by atoms with van der Waals surface area (Å²) in [7, 11) is 0.